The van der Waals surface area contributed by atoms with Crippen molar-refractivity contribution >= 4 is 40.0 Å². The lowest BCUT2D eigenvalue weighted by molar-refractivity contribution is 0.875. The summed E-state index contributed by atoms with van der Waals surface area (Å²) in [6.45, 7) is 5.30. The van der Waals surface area contributed by atoms with Gasteiger partial charge in [0.2, 0.25) is 0 Å². The van der Waals surface area contributed by atoms with Gasteiger partial charge in [-0.1, -0.05) is 37.0 Å². The summed E-state index contributed by atoms with van der Waals surface area (Å²) in [5.74, 6) is 1.12. The van der Waals surface area contributed by atoms with E-state index in [-0.39, 0.29) is 0 Å². The van der Waals surface area contributed by atoms with Gasteiger partial charge in [-0.05, 0) is 18.6 Å². The molecule has 0 radical (unpaired) electrons. The summed E-state index contributed by atoms with van der Waals surface area (Å²) in [6, 6.07) is 0. The Morgan fingerprint density at radius 1 is 1.45 bits per heavy atom. The molecule has 0 spiro atoms. The van der Waals surface area contributed by atoms with Crippen molar-refractivity contribution in [2.24, 2.45) is 0 Å². The molecule has 68 valence electrons. The van der Waals surface area contributed by atoms with Crippen LogP contribution in [-0.4, -0.2) is 12.3 Å². The van der Waals surface area contributed by atoms with E-state index in [0.29, 0.717) is 0 Å². The van der Waals surface area contributed by atoms with E-state index in [1.54, 1.807) is 11.4 Å². The van der Waals surface area contributed by atoms with Crippen molar-refractivity contribution < 1.29 is 0 Å². The first-order valence-corrected chi connectivity index (χ1v) is 9.39. The first kappa shape index (κ1) is 12.3. The van der Waals surface area contributed by atoms with Gasteiger partial charge in [-0.15, -0.1) is 12.2 Å². The summed E-state index contributed by atoms with van der Waals surface area (Å²) in [7, 11) is 0. The second kappa shape index (κ2) is 6.79. The van der Waals surface area contributed by atoms with E-state index in [0.717, 1.165) is 18.7 Å². The summed E-state index contributed by atoms with van der Waals surface area (Å²) < 4.78 is -1.53. The average molecular weight is 229 g/mol. The highest BCUT2D eigenvalue weighted by atomic mass is 33.2. The summed E-state index contributed by atoms with van der Waals surface area (Å²) in [6.07, 6.45) is 2.31. The lowest BCUT2D eigenvalue weighted by atomic mass is 10.5. The van der Waals surface area contributed by atoms with Crippen molar-refractivity contribution in [3.63, 3.8) is 0 Å². The van der Waals surface area contributed by atoms with Crippen molar-refractivity contribution in [1.29, 1.82) is 0 Å². The molecule has 0 aliphatic carbocycles. The predicted octanol–water partition coefficient (Wildman–Crippen LogP) is 3.28. The summed E-state index contributed by atoms with van der Waals surface area (Å²) in [5.41, 5.74) is 0. The summed E-state index contributed by atoms with van der Waals surface area (Å²) in [5, 5.41) is 3.30. The lowest BCUT2D eigenvalue weighted by Gasteiger charge is -2.15. The third kappa shape index (κ3) is 7.66. The zero-order valence-corrected chi connectivity index (χ0v) is 10.5. The summed E-state index contributed by atoms with van der Waals surface area (Å²) in [4.78, 5) is 0. The quantitative estimate of drug-likeness (QED) is 0.536. The van der Waals surface area contributed by atoms with Crippen LogP contribution in [-0.2, 0) is 11.8 Å². The molecule has 5 heteroatoms. The highest BCUT2D eigenvalue weighted by Gasteiger charge is 2.08. The van der Waals surface area contributed by atoms with Crippen molar-refractivity contribution in [2.75, 3.05) is 12.3 Å². The van der Waals surface area contributed by atoms with Gasteiger partial charge in [-0.2, -0.15) is 0 Å². The number of rotatable bonds is 6. The molecule has 0 saturated carbocycles. The SMILES string of the molecule is CCCNP(=S)(S)SCCC. The van der Waals surface area contributed by atoms with Gasteiger partial charge < -0.3 is 0 Å². The molecule has 1 atom stereocenters. The van der Waals surface area contributed by atoms with Gasteiger partial charge in [-0.3, -0.25) is 5.09 Å². The molecule has 0 aliphatic rings. The highest BCUT2D eigenvalue weighted by molar-refractivity contribution is 8.96. The van der Waals surface area contributed by atoms with Crippen molar-refractivity contribution in [3.05, 3.63) is 0 Å². The van der Waals surface area contributed by atoms with Crippen LogP contribution >= 0.6 is 28.2 Å². The number of hydrogen-bond donors (Lipinski definition) is 2. The fourth-order valence-electron chi connectivity index (χ4n) is 0.514. The van der Waals surface area contributed by atoms with Gasteiger partial charge in [0.15, 0.2) is 0 Å². The molecule has 0 saturated heterocycles. The van der Waals surface area contributed by atoms with Crippen LogP contribution in [0.5, 0.6) is 0 Å². The first-order chi connectivity index (χ1) is 5.12. The van der Waals surface area contributed by atoms with Gasteiger partial charge in [0.25, 0.3) is 0 Å². The minimum Gasteiger partial charge on any atom is -0.273 e. The van der Waals surface area contributed by atoms with Crippen LogP contribution in [0, 0.1) is 0 Å². The molecular formula is C6H16NPS3. The Labute approximate surface area is 84.1 Å². The molecule has 0 aliphatic heterocycles. The van der Waals surface area contributed by atoms with Gasteiger partial charge in [0.05, 0.1) is 0 Å². The average Bonchev–Trinajstić information content (AvgIpc) is 1.97. The Balaban J connectivity index is 3.53. The van der Waals surface area contributed by atoms with E-state index in [4.69, 9.17) is 11.8 Å². The molecule has 1 unspecified atom stereocenters. The Bertz CT molecular complexity index is 128. The van der Waals surface area contributed by atoms with Crippen LogP contribution in [0.1, 0.15) is 26.7 Å². The Morgan fingerprint density at radius 3 is 2.55 bits per heavy atom. The second-order valence-corrected chi connectivity index (χ2v) is 12.5. The molecule has 0 aromatic rings. The maximum Gasteiger partial charge on any atom is 0.114 e. The minimum atomic E-state index is -1.53. The number of thiol groups is 1. The first-order valence-electron chi connectivity index (χ1n) is 3.85. The fraction of sp³-hybridized carbons (Fsp3) is 1.00. The Morgan fingerprint density at radius 2 is 2.09 bits per heavy atom. The smallest absolute Gasteiger partial charge is 0.114 e. The normalized spacial score (nSPS) is 16.3. The largest absolute Gasteiger partial charge is 0.273 e. The van der Waals surface area contributed by atoms with Crippen molar-refractivity contribution in [1.82, 2.24) is 5.09 Å². The van der Waals surface area contributed by atoms with Crippen LogP contribution in [0.15, 0.2) is 0 Å². The lowest BCUT2D eigenvalue weighted by Crippen LogP contribution is -2.05. The zero-order chi connectivity index (χ0) is 8.74. The third-order valence-electron chi connectivity index (χ3n) is 1.03. The van der Waals surface area contributed by atoms with E-state index < -0.39 is 4.59 Å². The minimum absolute atomic E-state index is 0.998. The molecule has 0 heterocycles. The third-order valence-corrected chi connectivity index (χ3v) is 7.38. The molecular weight excluding hydrogens is 213 g/mol. The molecule has 1 N–H and O–H groups in total. The zero-order valence-electron chi connectivity index (χ0n) is 7.04. The van der Waals surface area contributed by atoms with Gasteiger partial charge in [0.1, 0.15) is 4.59 Å². The van der Waals surface area contributed by atoms with Crippen LogP contribution in [0.4, 0.5) is 0 Å². The Hall–Kier alpha value is 1.31. The number of nitrogens with one attached hydrogen (secondary N) is 1. The molecule has 0 aromatic heterocycles. The van der Waals surface area contributed by atoms with Crippen LogP contribution in [0.2, 0.25) is 0 Å². The van der Waals surface area contributed by atoms with Crippen LogP contribution in [0.3, 0.4) is 0 Å². The van der Waals surface area contributed by atoms with Crippen molar-refractivity contribution in [3.8, 4) is 0 Å². The maximum absolute atomic E-state index is 5.30. The van der Waals surface area contributed by atoms with Crippen molar-refractivity contribution in [2.45, 2.75) is 26.7 Å². The molecule has 0 rings (SSSR count). The maximum atomic E-state index is 5.30. The van der Waals surface area contributed by atoms with E-state index >= 15 is 0 Å². The molecule has 0 aromatic carbocycles. The standard InChI is InChI=1S/C6H16NPS3/c1-3-5-7-8(9,10)11-6-4-2/h3-6H2,1-2H3,(H2,7,9,10). The van der Waals surface area contributed by atoms with E-state index in [1.807, 2.05) is 0 Å². The topological polar surface area (TPSA) is 12.0 Å². The van der Waals surface area contributed by atoms with Gasteiger partial charge in [-0.25, -0.2) is 0 Å². The van der Waals surface area contributed by atoms with E-state index in [1.165, 1.54) is 6.42 Å². The van der Waals surface area contributed by atoms with Crippen LogP contribution in [0.25, 0.3) is 0 Å². The molecule has 0 bridgehead atoms. The molecule has 11 heavy (non-hydrogen) atoms. The summed E-state index contributed by atoms with van der Waals surface area (Å²) >= 11 is 11.5. The predicted molar refractivity (Wildman–Crippen MR) is 64.3 cm³/mol. The van der Waals surface area contributed by atoms with Gasteiger partial charge in [0, 0.05) is 6.54 Å². The van der Waals surface area contributed by atoms with E-state index in [9.17, 15) is 0 Å². The van der Waals surface area contributed by atoms with E-state index in [2.05, 4.69) is 31.2 Å². The molecule has 0 fully saturated rings. The monoisotopic (exact) mass is 229 g/mol. The molecule has 0 amide bonds. The Kier molecular flexibility index (Phi) is 7.59. The highest BCUT2D eigenvalue weighted by Crippen LogP contribution is 2.59. The van der Waals surface area contributed by atoms with Crippen LogP contribution < -0.4 is 5.09 Å². The van der Waals surface area contributed by atoms with Gasteiger partial charge >= 0.3 is 0 Å². The molecule has 1 nitrogen and oxygen atoms in total. The fourth-order valence-corrected chi connectivity index (χ4v) is 5.36. The second-order valence-electron chi connectivity index (χ2n) is 2.26. The number of hydrogen-bond acceptors (Lipinski definition) is 2.